The number of anilines is 1. The molecule has 1 aromatic rings. The molecule has 24 heavy (non-hydrogen) atoms. The molecular formula is C14H21ClN4O4S. The number of rotatable bonds is 8. The molecule has 2 rings (SSSR count). The van der Waals surface area contributed by atoms with Gasteiger partial charge in [-0.1, -0.05) is 0 Å². The fraction of sp³-hybridized carbons (Fsp3) is 0.429. The second kappa shape index (κ2) is 8.97. The number of amides is 2. The number of hydrogen-bond donors (Lipinski definition) is 4. The summed E-state index contributed by atoms with van der Waals surface area (Å²) in [6, 6.07) is 5.83. The lowest BCUT2D eigenvalue weighted by Crippen LogP contribution is -2.36. The van der Waals surface area contributed by atoms with Gasteiger partial charge in [-0.3, -0.25) is 9.59 Å². The zero-order chi connectivity index (χ0) is 16.9. The van der Waals surface area contributed by atoms with Crippen LogP contribution in [0.2, 0.25) is 0 Å². The van der Waals surface area contributed by atoms with Crippen LogP contribution < -0.4 is 21.1 Å². The predicted molar refractivity (Wildman–Crippen MR) is 92.3 cm³/mol. The van der Waals surface area contributed by atoms with Crippen LogP contribution in [-0.2, 0) is 19.6 Å². The number of carbonyl (C=O) groups excluding carboxylic acids is 2. The molecule has 0 spiro atoms. The van der Waals surface area contributed by atoms with Gasteiger partial charge in [0, 0.05) is 12.2 Å². The van der Waals surface area contributed by atoms with Gasteiger partial charge in [-0.25, -0.2) is 13.1 Å². The van der Waals surface area contributed by atoms with Crippen LogP contribution in [0, 0.1) is 5.92 Å². The van der Waals surface area contributed by atoms with Crippen molar-refractivity contribution in [2.45, 2.75) is 17.7 Å². The lowest BCUT2D eigenvalue weighted by Gasteiger charge is -2.09. The van der Waals surface area contributed by atoms with Crippen LogP contribution in [0.4, 0.5) is 5.69 Å². The smallest absolute Gasteiger partial charge is 0.243 e. The van der Waals surface area contributed by atoms with E-state index in [1.165, 1.54) is 24.3 Å². The Kier molecular flexibility index (Phi) is 7.61. The van der Waals surface area contributed by atoms with E-state index < -0.39 is 21.8 Å². The van der Waals surface area contributed by atoms with Gasteiger partial charge in [-0.15, -0.1) is 12.4 Å². The molecule has 1 aliphatic carbocycles. The first-order chi connectivity index (χ1) is 10.9. The van der Waals surface area contributed by atoms with Crippen molar-refractivity contribution in [1.82, 2.24) is 10.0 Å². The zero-order valence-electron chi connectivity index (χ0n) is 12.9. The minimum atomic E-state index is -3.52. The molecule has 0 heterocycles. The predicted octanol–water partition coefficient (Wildman–Crippen LogP) is -0.190. The molecule has 134 valence electrons. The van der Waals surface area contributed by atoms with E-state index in [9.17, 15) is 18.0 Å². The van der Waals surface area contributed by atoms with Gasteiger partial charge in [0.1, 0.15) is 0 Å². The minimum absolute atomic E-state index is 0. The molecule has 5 N–H and O–H groups in total. The molecule has 1 saturated carbocycles. The maximum absolute atomic E-state index is 12.1. The number of nitrogens with one attached hydrogen (secondary N) is 3. The van der Waals surface area contributed by atoms with Crippen LogP contribution in [0.5, 0.6) is 0 Å². The van der Waals surface area contributed by atoms with E-state index in [0.29, 0.717) is 18.2 Å². The maximum Gasteiger partial charge on any atom is 0.243 e. The third kappa shape index (κ3) is 6.44. The number of nitrogens with two attached hydrogens (primary N) is 1. The fourth-order valence-corrected chi connectivity index (χ4v) is 2.92. The first kappa shape index (κ1) is 20.4. The van der Waals surface area contributed by atoms with E-state index in [2.05, 4.69) is 15.4 Å². The SMILES string of the molecule is Cl.NCC(=O)NCC(=O)Nc1ccc(S(=O)(=O)NCC2CC2)cc1. The van der Waals surface area contributed by atoms with Crippen molar-refractivity contribution < 1.29 is 18.0 Å². The first-order valence-electron chi connectivity index (χ1n) is 7.27. The molecule has 0 atom stereocenters. The Hall–Kier alpha value is -1.68. The molecule has 2 amide bonds. The molecule has 8 nitrogen and oxygen atoms in total. The largest absolute Gasteiger partial charge is 0.346 e. The standard InChI is InChI=1S/C14H20N4O4S.ClH/c15-7-13(19)16-9-14(20)18-11-3-5-12(6-4-11)23(21,22)17-8-10-1-2-10;/h3-6,10,17H,1-2,7-9,15H2,(H,16,19)(H,18,20);1H. The van der Waals surface area contributed by atoms with Crippen LogP contribution in [0.15, 0.2) is 29.2 Å². The molecule has 0 saturated heterocycles. The van der Waals surface area contributed by atoms with E-state index in [4.69, 9.17) is 5.73 Å². The number of sulfonamides is 1. The average molecular weight is 377 g/mol. The van der Waals surface area contributed by atoms with Gasteiger partial charge in [0.25, 0.3) is 0 Å². The monoisotopic (exact) mass is 376 g/mol. The molecule has 0 aromatic heterocycles. The highest BCUT2D eigenvalue weighted by Gasteiger charge is 2.24. The quantitative estimate of drug-likeness (QED) is 0.499. The van der Waals surface area contributed by atoms with Crippen molar-refractivity contribution in [2.75, 3.05) is 25.0 Å². The Morgan fingerprint density at radius 1 is 1.12 bits per heavy atom. The van der Waals surface area contributed by atoms with Crippen LogP contribution in [0.1, 0.15) is 12.8 Å². The summed E-state index contributed by atoms with van der Waals surface area (Å²) in [6.45, 7) is 0.0778. The van der Waals surface area contributed by atoms with Gasteiger partial charge in [-0.2, -0.15) is 0 Å². The zero-order valence-corrected chi connectivity index (χ0v) is 14.6. The Balaban J connectivity index is 0.00000288. The van der Waals surface area contributed by atoms with E-state index in [1.807, 2.05) is 0 Å². The van der Waals surface area contributed by atoms with E-state index in [1.54, 1.807) is 0 Å². The molecule has 1 fully saturated rings. The number of carbonyl (C=O) groups is 2. The second-order valence-corrected chi connectivity index (χ2v) is 7.12. The summed E-state index contributed by atoms with van der Waals surface area (Å²) in [5.41, 5.74) is 5.55. The lowest BCUT2D eigenvalue weighted by molar-refractivity contribution is -0.123. The molecule has 0 radical (unpaired) electrons. The molecule has 1 aliphatic rings. The van der Waals surface area contributed by atoms with Gasteiger partial charge in [0.05, 0.1) is 18.0 Å². The average Bonchev–Trinajstić information content (AvgIpc) is 3.35. The Bertz CT molecular complexity index is 675. The number of benzene rings is 1. The highest BCUT2D eigenvalue weighted by Crippen LogP contribution is 2.28. The Morgan fingerprint density at radius 2 is 1.75 bits per heavy atom. The number of halogens is 1. The fourth-order valence-electron chi connectivity index (χ4n) is 1.81. The van der Waals surface area contributed by atoms with Gasteiger partial charge < -0.3 is 16.4 Å². The maximum atomic E-state index is 12.1. The summed E-state index contributed by atoms with van der Waals surface area (Å²) in [4.78, 5) is 22.7. The lowest BCUT2D eigenvalue weighted by atomic mass is 10.3. The normalized spacial score (nSPS) is 13.7. The van der Waals surface area contributed by atoms with Crippen molar-refractivity contribution in [2.24, 2.45) is 11.7 Å². The van der Waals surface area contributed by atoms with Crippen molar-refractivity contribution in [3.8, 4) is 0 Å². The van der Waals surface area contributed by atoms with E-state index in [-0.39, 0.29) is 30.4 Å². The molecule has 10 heteroatoms. The van der Waals surface area contributed by atoms with Crippen LogP contribution >= 0.6 is 12.4 Å². The third-order valence-electron chi connectivity index (χ3n) is 3.34. The molecular weight excluding hydrogens is 356 g/mol. The molecule has 1 aromatic carbocycles. The third-order valence-corrected chi connectivity index (χ3v) is 4.78. The summed E-state index contributed by atoms with van der Waals surface area (Å²) in [6.07, 6.45) is 2.13. The van der Waals surface area contributed by atoms with Gasteiger partial charge >= 0.3 is 0 Å². The summed E-state index contributed by atoms with van der Waals surface area (Å²) >= 11 is 0. The highest BCUT2D eigenvalue weighted by atomic mass is 35.5. The van der Waals surface area contributed by atoms with Gasteiger partial charge in [0.2, 0.25) is 21.8 Å². The van der Waals surface area contributed by atoms with Gasteiger partial charge in [-0.05, 0) is 43.0 Å². The summed E-state index contributed by atoms with van der Waals surface area (Å²) in [7, 11) is -3.52. The highest BCUT2D eigenvalue weighted by molar-refractivity contribution is 7.89. The summed E-state index contributed by atoms with van der Waals surface area (Å²) in [5.74, 6) is -0.398. The molecule has 0 unspecified atom stereocenters. The van der Waals surface area contributed by atoms with Crippen LogP contribution in [0.25, 0.3) is 0 Å². The summed E-state index contributed by atoms with van der Waals surface area (Å²) < 4.78 is 26.7. The van der Waals surface area contributed by atoms with E-state index >= 15 is 0 Å². The Morgan fingerprint density at radius 3 is 2.29 bits per heavy atom. The second-order valence-electron chi connectivity index (χ2n) is 5.35. The summed E-state index contributed by atoms with van der Waals surface area (Å²) in [5, 5.41) is 4.89. The van der Waals surface area contributed by atoms with Crippen LogP contribution in [0.3, 0.4) is 0 Å². The molecule has 0 bridgehead atoms. The van der Waals surface area contributed by atoms with Crippen molar-refractivity contribution in [3.05, 3.63) is 24.3 Å². The topological polar surface area (TPSA) is 130 Å². The Labute approximate surface area is 147 Å². The molecule has 0 aliphatic heterocycles. The number of hydrogen-bond acceptors (Lipinski definition) is 5. The van der Waals surface area contributed by atoms with Crippen LogP contribution in [-0.4, -0.2) is 39.9 Å². The van der Waals surface area contributed by atoms with Crippen molar-refractivity contribution >= 4 is 39.9 Å². The first-order valence-corrected chi connectivity index (χ1v) is 8.75. The minimum Gasteiger partial charge on any atom is -0.346 e. The van der Waals surface area contributed by atoms with E-state index in [0.717, 1.165) is 12.8 Å². The van der Waals surface area contributed by atoms with Crippen molar-refractivity contribution in [1.29, 1.82) is 0 Å². The van der Waals surface area contributed by atoms with Crippen molar-refractivity contribution in [3.63, 3.8) is 0 Å². The van der Waals surface area contributed by atoms with Gasteiger partial charge in [0.15, 0.2) is 0 Å².